The van der Waals surface area contributed by atoms with Crippen molar-refractivity contribution in [1.82, 2.24) is 0 Å². The van der Waals surface area contributed by atoms with E-state index in [2.05, 4.69) is 0 Å². The first kappa shape index (κ1) is 57.0. The molecule has 3 saturated heterocycles. The fourth-order valence-electron chi connectivity index (χ4n) is 9.16. The second kappa shape index (κ2) is 28.5. The summed E-state index contributed by atoms with van der Waals surface area (Å²) in [4.78, 5) is 50.6. The van der Waals surface area contributed by atoms with Gasteiger partial charge in [0.2, 0.25) is 0 Å². The molecule has 0 bridgehead atoms. The first-order valence-electron chi connectivity index (χ1n) is 25.2. The van der Waals surface area contributed by atoms with Crippen molar-refractivity contribution in [3.63, 3.8) is 0 Å². The van der Waals surface area contributed by atoms with Crippen molar-refractivity contribution in [3.05, 3.63) is 144 Å². The predicted octanol–water partition coefficient (Wildman–Crippen LogP) is 5.65. The van der Waals surface area contributed by atoms with Gasteiger partial charge in [-0.3, -0.25) is 19.2 Å². The Balaban J connectivity index is 1.31. The van der Waals surface area contributed by atoms with Crippen molar-refractivity contribution >= 4 is 23.9 Å². The molecule has 0 aromatic heterocycles. The first-order valence-corrected chi connectivity index (χ1v) is 25.2. The molecular weight excluding hydrogens is 975 g/mol. The third-order valence-corrected chi connectivity index (χ3v) is 12.5. The number of nitrogens with two attached hydrogens (primary N) is 1. The Labute approximate surface area is 437 Å². The monoisotopic (exact) mass is 1040 g/mol. The summed E-state index contributed by atoms with van der Waals surface area (Å²) < 4.78 is 89.6. The zero-order valence-corrected chi connectivity index (χ0v) is 43.1. The maximum absolute atomic E-state index is 13.0. The zero-order valence-electron chi connectivity index (χ0n) is 43.1. The Hall–Kier alpha value is -5.68. The normalized spacial score (nSPS) is 29.7. The maximum Gasteiger partial charge on any atom is 0.303 e. The van der Waals surface area contributed by atoms with Crippen LogP contribution in [0.3, 0.4) is 0 Å². The quantitative estimate of drug-likeness (QED) is 0.0662. The fraction of sp³-hybridized carbons (Fsp3) is 0.500. The van der Waals surface area contributed by atoms with Gasteiger partial charge in [0.1, 0.15) is 49.3 Å². The molecule has 75 heavy (non-hydrogen) atoms. The minimum Gasteiger partial charge on any atom is -0.463 e. The Kier molecular flexibility index (Phi) is 21.6. The lowest BCUT2D eigenvalue weighted by Crippen LogP contribution is -2.69. The zero-order chi connectivity index (χ0) is 53.3. The lowest BCUT2D eigenvalue weighted by molar-refractivity contribution is -0.378. The van der Waals surface area contributed by atoms with E-state index in [-0.39, 0.29) is 39.6 Å². The number of rotatable bonds is 24. The van der Waals surface area contributed by atoms with Crippen molar-refractivity contribution in [2.75, 3.05) is 19.8 Å². The summed E-state index contributed by atoms with van der Waals surface area (Å²) in [5, 5.41) is 0. The van der Waals surface area contributed by atoms with E-state index in [0.717, 1.165) is 43.0 Å². The number of benzene rings is 4. The average Bonchev–Trinajstić information content (AvgIpc) is 3.39. The van der Waals surface area contributed by atoms with Gasteiger partial charge in [0.25, 0.3) is 0 Å². The van der Waals surface area contributed by atoms with Gasteiger partial charge in [0.15, 0.2) is 37.2 Å². The topological polar surface area (TPSA) is 224 Å². The van der Waals surface area contributed by atoms with E-state index in [1.165, 1.54) is 6.92 Å². The summed E-state index contributed by atoms with van der Waals surface area (Å²) >= 11 is 0. The van der Waals surface area contributed by atoms with E-state index in [0.29, 0.717) is 0 Å². The van der Waals surface area contributed by atoms with Gasteiger partial charge in [-0.2, -0.15) is 0 Å². The molecule has 15 atom stereocenters. The second-order valence-corrected chi connectivity index (χ2v) is 18.3. The minimum absolute atomic E-state index is 0.108. The number of carbonyl (C=O) groups excluding carboxylic acids is 4. The molecular formula is C56H69NO18. The van der Waals surface area contributed by atoms with Crippen LogP contribution in [-0.2, 0) is 112 Å². The molecule has 0 saturated carbocycles. The predicted molar refractivity (Wildman–Crippen MR) is 265 cm³/mol. The third kappa shape index (κ3) is 16.4. The molecule has 3 aliphatic heterocycles. The maximum atomic E-state index is 13.0. The van der Waals surface area contributed by atoms with Crippen molar-refractivity contribution in [1.29, 1.82) is 0 Å². The van der Waals surface area contributed by atoms with Crippen LogP contribution in [0.25, 0.3) is 0 Å². The van der Waals surface area contributed by atoms with Gasteiger partial charge < -0.3 is 72.0 Å². The van der Waals surface area contributed by atoms with Crippen LogP contribution in [0.4, 0.5) is 0 Å². The summed E-state index contributed by atoms with van der Waals surface area (Å²) in [5.74, 6) is -3.13. The van der Waals surface area contributed by atoms with Gasteiger partial charge in [0.05, 0.1) is 45.2 Å². The van der Waals surface area contributed by atoms with Crippen LogP contribution in [0.1, 0.15) is 63.8 Å². The van der Waals surface area contributed by atoms with Crippen LogP contribution in [0.2, 0.25) is 0 Å². The molecule has 2 N–H and O–H groups in total. The fourth-order valence-corrected chi connectivity index (χ4v) is 9.16. The smallest absolute Gasteiger partial charge is 0.303 e. The third-order valence-electron chi connectivity index (χ3n) is 12.5. The highest BCUT2D eigenvalue weighted by Crippen LogP contribution is 2.38. The van der Waals surface area contributed by atoms with E-state index in [1.807, 2.05) is 128 Å². The van der Waals surface area contributed by atoms with Crippen LogP contribution in [0.5, 0.6) is 0 Å². The van der Waals surface area contributed by atoms with Gasteiger partial charge in [-0.15, -0.1) is 0 Å². The largest absolute Gasteiger partial charge is 0.463 e. The van der Waals surface area contributed by atoms with Crippen molar-refractivity contribution in [3.8, 4) is 0 Å². The highest BCUT2D eigenvalue weighted by atomic mass is 16.8. The SMILES string of the molecule is CCOC1OC(COCc2ccccc2)C(OC2OC(C)C(OCc3ccccc3)C(OCc3ccccc3)C2OCc2ccccc2)C(OC2OC(COC(C)=O)C(OC(C)=O)C(OC(C)=O)C2OC(C)=O)C1N. The van der Waals surface area contributed by atoms with Crippen LogP contribution in [0.15, 0.2) is 121 Å². The summed E-state index contributed by atoms with van der Waals surface area (Å²) in [6.07, 6.45) is -16.9. The molecule has 4 aromatic rings. The minimum atomic E-state index is -1.67. The Morgan fingerprint density at radius 3 is 1.37 bits per heavy atom. The van der Waals surface area contributed by atoms with E-state index in [9.17, 15) is 19.2 Å². The second-order valence-electron chi connectivity index (χ2n) is 18.3. The standard InChI is InChI=1S/C56H69NO18/c1-7-63-54-45(57)49(75-56-53(71-38(6)61)51(70-37(5)60)48(69-36(4)59)44(73-56)33-64-35(3)58)47(43(72-54)32-62-28-39-20-12-8-13-21-39)74-55-52(67-31-42-26-18-11-19-27-42)50(66-30-41-24-16-10-17-25-41)46(34(2)68-55)65-29-40-22-14-9-15-23-40/h8-27,34,43-56H,7,28-33,57H2,1-6H3. The molecule has 7 rings (SSSR count). The van der Waals surface area contributed by atoms with E-state index in [4.69, 9.17) is 72.0 Å². The van der Waals surface area contributed by atoms with Crippen molar-refractivity contribution in [2.24, 2.45) is 5.73 Å². The molecule has 4 aromatic carbocycles. The van der Waals surface area contributed by atoms with E-state index < -0.39 is 123 Å². The summed E-state index contributed by atoms with van der Waals surface area (Å²) in [6.45, 7) is 8.47. The van der Waals surface area contributed by atoms with Crippen LogP contribution in [0, 0.1) is 0 Å². The molecule has 3 heterocycles. The van der Waals surface area contributed by atoms with Gasteiger partial charge in [0, 0.05) is 34.3 Å². The molecule has 0 amide bonds. The Bertz CT molecular complexity index is 2370. The Morgan fingerprint density at radius 2 is 0.867 bits per heavy atom. The number of hydrogen-bond donors (Lipinski definition) is 1. The lowest BCUT2D eigenvalue weighted by Gasteiger charge is -2.51. The molecule has 15 unspecified atom stereocenters. The number of hydrogen-bond acceptors (Lipinski definition) is 19. The number of esters is 4. The highest BCUT2D eigenvalue weighted by molar-refractivity contribution is 5.68. The van der Waals surface area contributed by atoms with Gasteiger partial charge in [-0.1, -0.05) is 121 Å². The lowest BCUT2D eigenvalue weighted by atomic mass is 9.94. The van der Waals surface area contributed by atoms with Crippen LogP contribution < -0.4 is 5.73 Å². The van der Waals surface area contributed by atoms with Crippen LogP contribution in [-0.4, -0.2) is 136 Å². The molecule has 406 valence electrons. The molecule has 19 nitrogen and oxygen atoms in total. The van der Waals surface area contributed by atoms with Gasteiger partial charge >= 0.3 is 23.9 Å². The van der Waals surface area contributed by atoms with Gasteiger partial charge in [-0.05, 0) is 36.1 Å². The molecule has 0 aliphatic carbocycles. The number of carbonyl (C=O) groups is 4. The summed E-state index contributed by atoms with van der Waals surface area (Å²) in [7, 11) is 0. The molecule has 3 aliphatic rings. The van der Waals surface area contributed by atoms with Gasteiger partial charge in [-0.25, -0.2) is 0 Å². The Morgan fingerprint density at radius 1 is 0.440 bits per heavy atom. The van der Waals surface area contributed by atoms with Crippen molar-refractivity contribution < 1.29 is 85.5 Å². The molecule has 0 radical (unpaired) electrons. The van der Waals surface area contributed by atoms with E-state index >= 15 is 0 Å². The van der Waals surface area contributed by atoms with Crippen molar-refractivity contribution in [2.45, 2.75) is 160 Å². The first-order chi connectivity index (χ1) is 36.3. The number of ether oxygens (including phenoxy) is 14. The van der Waals surface area contributed by atoms with Crippen LogP contribution >= 0.6 is 0 Å². The highest BCUT2D eigenvalue weighted by Gasteiger charge is 2.57. The van der Waals surface area contributed by atoms with E-state index in [1.54, 1.807) is 6.92 Å². The molecule has 0 spiro atoms. The molecule has 3 fully saturated rings. The summed E-state index contributed by atoms with van der Waals surface area (Å²) in [6, 6.07) is 37.4. The molecule has 19 heteroatoms. The summed E-state index contributed by atoms with van der Waals surface area (Å²) in [5.41, 5.74) is 10.7. The average molecular weight is 1040 g/mol.